The molecule has 3 aromatic rings. The number of nitrogens with zero attached hydrogens (tertiary/aromatic N) is 4. The standard InChI is InChI=1S/C19H18Cl3N5O3/c1-8(2)14-17(22)23-7-13(24-14)30-16-11(20)5-10(6-12(16)21)15-18(28)25-19(29)27(26-15)9(3)4/h5-9H,1-4H3,(H,25,28,29). The molecule has 0 saturated carbocycles. The Morgan fingerprint density at radius 1 is 1.07 bits per heavy atom. The van der Waals surface area contributed by atoms with Crippen LogP contribution in [0, 0.1) is 0 Å². The van der Waals surface area contributed by atoms with Crippen molar-refractivity contribution >= 4 is 34.8 Å². The summed E-state index contributed by atoms with van der Waals surface area (Å²) in [7, 11) is 0. The number of halogens is 3. The van der Waals surface area contributed by atoms with Crippen LogP contribution >= 0.6 is 34.8 Å². The van der Waals surface area contributed by atoms with E-state index in [0.29, 0.717) is 11.3 Å². The van der Waals surface area contributed by atoms with Crippen LogP contribution in [0.5, 0.6) is 11.6 Å². The molecule has 30 heavy (non-hydrogen) atoms. The van der Waals surface area contributed by atoms with E-state index in [1.165, 1.54) is 23.0 Å². The number of hydrogen-bond donors (Lipinski definition) is 1. The molecule has 0 aliphatic rings. The van der Waals surface area contributed by atoms with Gasteiger partial charge in [-0.2, -0.15) is 5.10 Å². The quantitative estimate of drug-likeness (QED) is 0.572. The summed E-state index contributed by atoms with van der Waals surface area (Å²) in [5.41, 5.74) is -0.337. The smallest absolute Gasteiger partial charge is 0.345 e. The van der Waals surface area contributed by atoms with E-state index in [0.717, 1.165) is 0 Å². The summed E-state index contributed by atoms with van der Waals surface area (Å²) in [6.45, 7) is 7.39. The Balaban J connectivity index is 2.04. The fraction of sp³-hybridized carbons (Fsp3) is 0.316. The van der Waals surface area contributed by atoms with Gasteiger partial charge in [0.05, 0.1) is 28.0 Å². The maximum atomic E-state index is 12.3. The molecule has 0 unspecified atom stereocenters. The first-order chi connectivity index (χ1) is 14.1. The number of rotatable bonds is 5. The zero-order valence-electron chi connectivity index (χ0n) is 16.5. The van der Waals surface area contributed by atoms with E-state index in [9.17, 15) is 9.59 Å². The van der Waals surface area contributed by atoms with Crippen LogP contribution in [0.3, 0.4) is 0 Å². The molecule has 11 heteroatoms. The molecule has 0 amide bonds. The number of aromatic nitrogens is 5. The highest BCUT2D eigenvalue weighted by molar-refractivity contribution is 6.37. The first-order valence-electron chi connectivity index (χ1n) is 9.01. The summed E-state index contributed by atoms with van der Waals surface area (Å²) in [6, 6.07) is 2.70. The van der Waals surface area contributed by atoms with Crippen LogP contribution in [0.25, 0.3) is 11.3 Å². The number of hydrogen-bond acceptors (Lipinski definition) is 6. The fourth-order valence-electron chi connectivity index (χ4n) is 2.64. The highest BCUT2D eigenvalue weighted by Crippen LogP contribution is 2.39. The normalized spacial score (nSPS) is 11.4. The average Bonchev–Trinajstić information content (AvgIpc) is 2.65. The monoisotopic (exact) mass is 469 g/mol. The van der Waals surface area contributed by atoms with Gasteiger partial charge in [-0.3, -0.25) is 9.78 Å². The predicted molar refractivity (Wildman–Crippen MR) is 116 cm³/mol. The van der Waals surface area contributed by atoms with Crippen molar-refractivity contribution in [2.75, 3.05) is 0 Å². The van der Waals surface area contributed by atoms with Crippen LogP contribution in [0.2, 0.25) is 15.2 Å². The van der Waals surface area contributed by atoms with Crippen LogP contribution in [0.1, 0.15) is 45.3 Å². The van der Waals surface area contributed by atoms with Gasteiger partial charge in [-0.15, -0.1) is 0 Å². The van der Waals surface area contributed by atoms with E-state index in [1.54, 1.807) is 13.8 Å². The molecule has 0 radical (unpaired) electrons. The van der Waals surface area contributed by atoms with Gasteiger partial charge in [0.25, 0.3) is 5.56 Å². The molecule has 8 nitrogen and oxygen atoms in total. The SMILES string of the molecule is CC(C)c1nc(Oc2c(Cl)cc(-c3nn(C(C)C)c(=O)[nH]c3=O)cc2Cl)cnc1Cl. The van der Waals surface area contributed by atoms with Crippen molar-refractivity contribution in [1.29, 1.82) is 0 Å². The van der Waals surface area contributed by atoms with Gasteiger partial charge in [0, 0.05) is 5.56 Å². The average molecular weight is 471 g/mol. The van der Waals surface area contributed by atoms with Crippen molar-refractivity contribution in [3.63, 3.8) is 0 Å². The molecule has 0 fully saturated rings. The van der Waals surface area contributed by atoms with Crippen molar-refractivity contribution in [3.8, 4) is 22.9 Å². The van der Waals surface area contributed by atoms with E-state index in [1.807, 2.05) is 13.8 Å². The maximum Gasteiger partial charge on any atom is 0.345 e. The molecule has 158 valence electrons. The second-order valence-electron chi connectivity index (χ2n) is 7.06. The van der Waals surface area contributed by atoms with E-state index in [4.69, 9.17) is 39.5 Å². The van der Waals surface area contributed by atoms with Crippen molar-refractivity contribution in [2.24, 2.45) is 0 Å². The molecule has 1 N–H and O–H groups in total. The molecular weight excluding hydrogens is 453 g/mol. The molecule has 0 aliphatic heterocycles. The summed E-state index contributed by atoms with van der Waals surface area (Å²) in [5.74, 6) is 0.349. The predicted octanol–water partition coefficient (Wildman–Crippen LogP) is 4.85. The Bertz CT molecular complexity index is 1200. The Labute approximate surface area is 186 Å². The van der Waals surface area contributed by atoms with Crippen molar-refractivity contribution in [3.05, 3.63) is 60.1 Å². The van der Waals surface area contributed by atoms with Gasteiger partial charge < -0.3 is 4.74 Å². The van der Waals surface area contributed by atoms with Gasteiger partial charge in [0.1, 0.15) is 0 Å². The topological polar surface area (TPSA) is 103 Å². The van der Waals surface area contributed by atoms with Crippen LogP contribution in [0.4, 0.5) is 0 Å². The lowest BCUT2D eigenvalue weighted by atomic mass is 10.1. The van der Waals surface area contributed by atoms with Gasteiger partial charge in [-0.1, -0.05) is 48.7 Å². The molecule has 2 heterocycles. The first-order valence-corrected chi connectivity index (χ1v) is 10.1. The number of nitrogens with one attached hydrogen (secondary N) is 1. The summed E-state index contributed by atoms with van der Waals surface area (Å²) in [4.78, 5) is 34.8. The Morgan fingerprint density at radius 3 is 2.27 bits per heavy atom. The van der Waals surface area contributed by atoms with Crippen LogP contribution in [0.15, 0.2) is 27.9 Å². The van der Waals surface area contributed by atoms with Gasteiger partial charge in [-0.25, -0.2) is 19.4 Å². The zero-order valence-corrected chi connectivity index (χ0v) is 18.8. The lowest BCUT2D eigenvalue weighted by Gasteiger charge is -2.13. The van der Waals surface area contributed by atoms with Crippen LogP contribution < -0.4 is 16.0 Å². The summed E-state index contributed by atoms with van der Waals surface area (Å²) < 4.78 is 6.90. The minimum absolute atomic E-state index is 0.00651. The highest BCUT2D eigenvalue weighted by Gasteiger charge is 2.18. The fourth-order valence-corrected chi connectivity index (χ4v) is 3.51. The molecule has 3 rings (SSSR count). The lowest BCUT2D eigenvalue weighted by molar-refractivity contribution is 0.457. The summed E-state index contributed by atoms with van der Waals surface area (Å²) in [6.07, 6.45) is 1.36. The lowest BCUT2D eigenvalue weighted by Crippen LogP contribution is -2.34. The Morgan fingerprint density at radius 2 is 1.70 bits per heavy atom. The number of aromatic amines is 1. The highest BCUT2D eigenvalue weighted by atomic mass is 35.5. The van der Waals surface area contributed by atoms with E-state index in [-0.39, 0.29) is 44.5 Å². The van der Waals surface area contributed by atoms with E-state index < -0.39 is 11.2 Å². The Kier molecular flexibility index (Phi) is 6.50. The minimum atomic E-state index is -0.650. The van der Waals surface area contributed by atoms with Crippen molar-refractivity contribution < 1.29 is 4.74 Å². The van der Waals surface area contributed by atoms with Gasteiger partial charge in [0.2, 0.25) is 5.88 Å². The molecule has 1 aromatic carbocycles. The summed E-state index contributed by atoms with van der Waals surface area (Å²) in [5, 5.41) is 4.69. The molecular formula is C19H18Cl3N5O3. The number of benzene rings is 1. The zero-order chi connectivity index (χ0) is 22.2. The van der Waals surface area contributed by atoms with Crippen molar-refractivity contribution in [1.82, 2.24) is 24.7 Å². The Hall–Kier alpha value is -2.42. The third kappa shape index (κ3) is 4.50. The molecule has 0 atom stereocenters. The number of H-pyrrole nitrogens is 1. The first kappa shape index (κ1) is 22.3. The summed E-state index contributed by atoms with van der Waals surface area (Å²) >= 11 is 18.8. The maximum absolute atomic E-state index is 12.3. The molecule has 2 aromatic heterocycles. The minimum Gasteiger partial charge on any atom is -0.434 e. The van der Waals surface area contributed by atoms with E-state index in [2.05, 4.69) is 20.1 Å². The van der Waals surface area contributed by atoms with Gasteiger partial charge in [-0.05, 0) is 31.9 Å². The molecule has 0 spiro atoms. The molecule has 0 aliphatic carbocycles. The third-order valence-electron chi connectivity index (χ3n) is 4.10. The second kappa shape index (κ2) is 8.75. The molecule has 0 saturated heterocycles. The number of ether oxygens (including phenoxy) is 1. The van der Waals surface area contributed by atoms with E-state index >= 15 is 0 Å². The van der Waals surface area contributed by atoms with Crippen LogP contribution in [-0.2, 0) is 0 Å². The van der Waals surface area contributed by atoms with Gasteiger partial charge >= 0.3 is 5.69 Å². The van der Waals surface area contributed by atoms with Crippen LogP contribution in [-0.4, -0.2) is 24.7 Å². The third-order valence-corrected chi connectivity index (χ3v) is 4.95. The second-order valence-corrected chi connectivity index (χ2v) is 8.23. The largest absolute Gasteiger partial charge is 0.434 e. The van der Waals surface area contributed by atoms with Crippen molar-refractivity contribution in [2.45, 2.75) is 39.7 Å². The van der Waals surface area contributed by atoms with Gasteiger partial charge in [0.15, 0.2) is 16.6 Å². The molecule has 0 bridgehead atoms.